The molecule has 3 aromatic carbocycles. The van der Waals surface area contributed by atoms with Gasteiger partial charge in [0, 0.05) is 11.3 Å². The molecule has 4 rings (SSSR count). The molecule has 0 aliphatic heterocycles. The van der Waals surface area contributed by atoms with Crippen molar-refractivity contribution in [1.29, 1.82) is 0 Å². The van der Waals surface area contributed by atoms with Crippen LogP contribution in [-0.4, -0.2) is 14.7 Å². The van der Waals surface area contributed by atoms with Gasteiger partial charge in [-0.3, -0.25) is 4.79 Å². The van der Waals surface area contributed by atoms with Gasteiger partial charge in [0.05, 0.1) is 17.4 Å². The highest BCUT2D eigenvalue weighted by Crippen LogP contribution is 2.19. The van der Waals surface area contributed by atoms with Crippen molar-refractivity contribution in [3.8, 4) is 11.5 Å². The third-order valence-corrected chi connectivity index (χ3v) is 5.21. The zero-order valence-corrected chi connectivity index (χ0v) is 17.8. The number of para-hydroxylation sites is 1. The second-order valence-electron chi connectivity index (χ2n) is 6.87. The lowest BCUT2D eigenvalue weighted by molar-refractivity contribution is 0.102. The molecule has 156 valence electrons. The van der Waals surface area contributed by atoms with Crippen LogP contribution in [0.1, 0.15) is 27.3 Å². The van der Waals surface area contributed by atoms with E-state index < -0.39 is 0 Å². The highest BCUT2D eigenvalue weighted by atomic mass is 32.1. The molecule has 0 unspecified atom stereocenters. The Balaban J connectivity index is 1.37. The highest BCUT2D eigenvalue weighted by Gasteiger charge is 2.09. The molecule has 1 aromatic heterocycles. The highest BCUT2D eigenvalue weighted by molar-refractivity contribution is 6.99. The third-order valence-electron chi connectivity index (χ3n) is 4.55. The normalized spacial score (nSPS) is 10.5. The van der Waals surface area contributed by atoms with E-state index in [0.717, 1.165) is 34.4 Å². The summed E-state index contributed by atoms with van der Waals surface area (Å²) in [5, 5.41) is 2.93. The number of carbonyl (C=O) groups excluding carboxylic acids is 1. The van der Waals surface area contributed by atoms with Gasteiger partial charge in [-0.2, -0.15) is 8.75 Å². The van der Waals surface area contributed by atoms with Gasteiger partial charge in [0.2, 0.25) is 0 Å². The topological polar surface area (TPSA) is 73.3 Å². The molecular weight excluding hydrogens is 410 g/mol. The van der Waals surface area contributed by atoms with E-state index in [4.69, 9.17) is 9.47 Å². The monoisotopic (exact) mass is 431 g/mol. The maximum absolute atomic E-state index is 12.7. The molecule has 0 saturated carbocycles. The van der Waals surface area contributed by atoms with Crippen molar-refractivity contribution >= 4 is 23.3 Å². The molecule has 0 fully saturated rings. The first-order chi connectivity index (χ1) is 15.2. The number of amides is 1. The van der Waals surface area contributed by atoms with E-state index in [0.29, 0.717) is 30.2 Å². The van der Waals surface area contributed by atoms with Crippen LogP contribution in [-0.2, 0) is 13.2 Å². The molecule has 1 amide bonds. The van der Waals surface area contributed by atoms with Crippen molar-refractivity contribution < 1.29 is 14.3 Å². The SMILES string of the molecule is Cc1nsnc1COc1cccc(C(=O)Nc2cccc(COc3ccccc3)c2)c1. The molecule has 1 N–H and O–H groups in total. The smallest absolute Gasteiger partial charge is 0.255 e. The number of aryl methyl sites for hydroxylation is 1. The van der Waals surface area contributed by atoms with Crippen molar-refractivity contribution in [2.75, 3.05) is 5.32 Å². The molecule has 1 heterocycles. The summed E-state index contributed by atoms with van der Waals surface area (Å²) in [7, 11) is 0. The van der Waals surface area contributed by atoms with Crippen LogP contribution in [0.15, 0.2) is 78.9 Å². The Labute approximate surface area is 184 Å². The van der Waals surface area contributed by atoms with Crippen LogP contribution < -0.4 is 14.8 Å². The number of nitrogens with one attached hydrogen (secondary N) is 1. The summed E-state index contributed by atoms with van der Waals surface area (Å²) in [5.74, 6) is 1.19. The number of nitrogens with zero attached hydrogens (tertiary/aromatic N) is 2. The summed E-state index contributed by atoms with van der Waals surface area (Å²) < 4.78 is 19.9. The van der Waals surface area contributed by atoms with E-state index in [1.165, 1.54) is 0 Å². The standard InChI is InChI=1S/C24H21N3O3S/c1-17-23(27-31-26-17)16-30-22-12-6-8-19(14-22)24(28)25-20-9-5-7-18(13-20)15-29-21-10-3-2-4-11-21/h2-14H,15-16H2,1H3,(H,25,28). The summed E-state index contributed by atoms with van der Waals surface area (Å²) >= 11 is 1.16. The number of benzene rings is 3. The number of carbonyl (C=O) groups is 1. The van der Waals surface area contributed by atoms with Crippen molar-refractivity contribution in [3.05, 3.63) is 101 Å². The molecule has 0 aliphatic rings. The fourth-order valence-corrected chi connectivity index (χ4v) is 3.44. The Morgan fingerprint density at radius 1 is 0.871 bits per heavy atom. The Hall–Kier alpha value is -3.71. The second kappa shape index (κ2) is 9.86. The van der Waals surface area contributed by atoms with Crippen molar-refractivity contribution in [3.63, 3.8) is 0 Å². The van der Waals surface area contributed by atoms with Gasteiger partial charge in [0.1, 0.15) is 30.4 Å². The van der Waals surface area contributed by atoms with Gasteiger partial charge < -0.3 is 14.8 Å². The number of ether oxygens (including phenoxy) is 2. The number of hydrogen-bond acceptors (Lipinski definition) is 6. The first-order valence-electron chi connectivity index (χ1n) is 9.76. The molecule has 6 nitrogen and oxygen atoms in total. The van der Waals surface area contributed by atoms with Gasteiger partial charge in [0.25, 0.3) is 5.91 Å². The molecule has 4 aromatic rings. The maximum Gasteiger partial charge on any atom is 0.255 e. The Morgan fingerprint density at radius 3 is 2.45 bits per heavy atom. The molecule has 0 bridgehead atoms. The zero-order chi connectivity index (χ0) is 21.5. The molecule has 0 radical (unpaired) electrons. The Bertz CT molecular complexity index is 1160. The number of anilines is 1. The average Bonchev–Trinajstić information content (AvgIpc) is 3.22. The van der Waals surface area contributed by atoms with Crippen LogP contribution in [0.5, 0.6) is 11.5 Å². The molecule has 0 spiro atoms. The van der Waals surface area contributed by atoms with Crippen molar-refractivity contribution in [2.24, 2.45) is 0 Å². The third kappa shape index (κ3) is 5.67. The van der Waals surface area contributed by atoms with E-state index in [-0.39, 0.29) is 5.91 Å². The Morgan fingerprint density at radius 2 is 1.65 bits per heavy atom. The fourth-order valence-electron chi connectivity index (χ4n) is 2.88. The van der Waals surface area contributed by atoms with Gasteiger partial charge in [-0.1, -0.05) is 36.4 Å². The average molecular weight is 432 g/mol. The Kier molecular flexibility index (Phi) is 6.54. The number of aromatic nitrogens is 2. The van der Waals surface area contributed by atoms with E-state index in [1.54, 1.807) is 18.2 Å². The van der Waals surface area contributed by atoms with E-state index in [9.17, 15) is 4.79 Å². The largest absolute Gasteiger partial charge is 0.489 e. The maximum atomic E-state index is 12.7. The number of hydrogen-bond donors (Lipinski definition) is 1. The van der Waals surface area contributed by atoms with E-state index >= 15 is 0 Å². The first kappa shape index (κ1) is 20.6. The van der Waals surface area contributed by atoms with Gasteiger partial charge in [0.15, 0.2) is 0 Å². The minimum Gasteiger partial charge on any atom is -0.489 e. The summed E-state index contributed by atoms with van der Waals surface area (Å²) in [4.78, 5) is 12.7. The van der Waals surface area contributed by atoms with Gasteiger partial charge in [-0.05, 0) is 55.0 Å². The van der Waals surface area contributed by atoms with Crippen LogP contribution >= 0.6 is 11.7 Å². The molecule has 0 aliphatic carbocycles. The minimum atomic E-state index is -0.210. The predicted molar refractivity (Wildman–Crippen MR) is 121 cm³/mol. The molecule has 31 heavy (non-hydrogen) atoms. The minimum absolute atomic E-state index is 0.210. The number of rotatable bonds is 8. The van der Waals surface area contributed by atoms with Crippen LogP contribution in [0.3, 0.4) is 0 Å². The zero-order valence-electron chi connectivity index (χ0n) is 16.9. The quantitative estimate of drug-likeness (QED) is 0.412. The second-order valence-corrected chi connectivity index (χ2v) is 7.40. The van der Waals surface area contributed by atoms with Crippen molar-refractivity contribution in [2.45, 2.75) is 20.1 Å². The molecular formula is C24H21N3O3S. The molecule has 7 heteroatoms. The van der Waals surface area contributed by atoms with Crippen LogP contribution in [0.4, 0.5) is 5.69 Å². The molecule has 0 saturated heterocycles. The van der Waals surface area contributed by atoms with Crippen molar-refractivity contribution in [1.82, 2.24) is 8.75 Å². The summed E-state index contributed by atoms with van der Waals surface area (Å²) in [6, 6.07) is 24.3. The summed E-state index contributed by atoms with van der Waals surface area (Å²) in [5.41, 5.74) is 3.83. The lowest BCUT2D eigenvalue weighted by Crippen LogP contribution is -2.12. The summed E-state index contributed by atoms with van der Waals surface area (Å²) in [6.07, 6.45) is 0. The predicted octanol–water partition coefficient (Wildman–Crippen LogP) is 5.26. The van der Waals surface area contributed by atoms with E-state index in [1.807, 2.05) is 67.6 Å². The van der Waals surface area contributed by atoms with E-state index in [2.05, 4.69) is 14.1 Å². The van der Waals surface area contributed by atoms with Crippen LogP contribution in [0.25, 0.3) is 0 Å². The van der Waals surface area contributed by atoms with Crippen LogP contribution in [0.2, 0.25) is 0 Å². The first-order valence-corrected chi connectivity index (χ1v) is 10.5. The summed E-state index contributed by atoms with van der Waals surface area (Å²) in [6.45, 7) is 2.63. The van der Waals surface area contributed by atoms with Gasteiger partial charge in [-0.15, -0.1) is 0 Å². The lowest BCUT2D eigenvalue weighted by Gasteiger charge is -2.10. The van der Waals surface area contributed by atoms with Gasteiger partial charge in [-0.25, -0.2) is 0 Å². The van der Waals surface area contributed by atoms with Crippen LogP contribution in [0, 0.1) is 6.92 Å². The lowest BCUT2D eigenvalue weighted by atomic mass is 10.1. The van der Waals surface area contributed by atoms with Gasteiger partial charge >= 0.3 is 0 Å². The fraction of sp³-hybridized carbons (Fsp3) is 0.125. The molecule has 0 atom stereocenters.